The molecule has 2 aromatic carbocycles. The van der Waals surface area contributed by atoms with Crippen LogP contribution in [0.25, 0.3) is 6.08 Å². The molecule has 1 fully saturated rings. The van der Waals surface area contributed by atoms with Crippen LogP contribution in [0.4, 0.5) is 5.69 Å². The lowest BCUT2D eigenvalue weighted by molar-refractivity contribution is -0.139. The van der Waals surface area contributed by atoms with Gasteiger partial charge in [-0.25, -0.2) is 9.79 Å². The number of hydrogen-bond acceptors (Lipinski definition) is 6. The Morgan fingerprint density at radius 1 is 1.32 bits per heavy atom. The fourth-order valence-corrected chi connectivity index (χ4v) is 3.46. The lowest BCUT2D eigenvalue weighted by atomic mass is 10.2. The van der Waals surface area contributed by atoms with Crippen LogP contribution in [0.1, 0.15) is 5.56 Å². The lowest BCUT2D eigenvalue weighted by Crippen LogP contribution is -2.19. The number of hydrogen-bond donors (Lipinski definition) is 2. The summed E-state index contributed by atoms with van der Waals surface area (Å²) in [6, 6.07) is 12.4. The van der Waals surface area contributed by atoms with Gasteiger partial charge < -0.3 is 19.9 Å². The Hall–Kier alpha value is -2.97. The summed E-state index contributed by atoms with van der Waals surface area (Å²) in [4.78, 5) is 27.8. The van der Waals surface area contributed by atoms with Gasteiger partial charge in [0.2, 0.25) is 0 Å². The van der Waals surface area contributed by atoms with Gasteiger partial charge in [-0.05, 0) is 47.7 Å². The maximum Gasteiger partial charge on any atom is 0.341 e. The number of carboxylic acid groups (broad SMARTS) is 1. The summed E-state index contributed by atoms with van der Waals surface area (Å²) < 4.78 is 10.4. The number of aliphatic carboxylic acids is 1. The summed E-state index contributed by atoms with van der Waals surface area (Å²) in [5.41, 5.74) is 1.33. The number of thioether (sulfide) groups is 1. The third-order valence-electron chi connectivity index (χ3n) is 3.53. The third kappa shape index (κ3) is 4.85. The van der Waals surface area contributed by atoms with Crippen molar-refractivity contribution in [1.82, 2.24) is 5.32 Å². The van der Waals surface area contributed by atoms with E-state index in [1.165, 1.54) is 18.9 Å². The first-order chi connectivity index (χ1) is 13.5. The van der Waals surface area contributed by atoms with Gasteiger partial charge in [-0.15, -0.1) is 0 Å². The Morgan fingerprint density at radius 2 is 2.07 bits per heavy atom. The number of amidine groups is 1. The highest BCUT2D eigenvalue weighted by Crippen LogP contribution is 2.38. The zero-order valence-corrected chi connectivity index (χ0v) is 16.2. The van der Waals surface area contributed by atoms with Crippen LogP contribution in [0.5, 0.6) is 11.5 Å². The molecule has 0 aliphatic carbocycles. The Labute approximate surface area is 170 Å². The summed E-state index contributed by atoms with van der Waals surface area (Å²) >= 11 is 7.40. The second kappa shape index (κ2) is 8.81. The number of carbonyl (C=O) groups excluding carboxylic acids is 1. The highest BCUT2D eigenvalue weighted by molar-refractivity contribution is 8.18. The van der Waals surface area contributed by atoms with Crippen molar-refractivity contribution in [3.8, 4) is 11.5 Å². The van der Waals surface area contributed by atoms with Gasteiger partial charge in [-0.3, -0.25) is 4.79 Å². The van der Waals surface area contributed by atoms with Gasteiger partial charge in [0.1, 0.15) is 0 Å². The van der Waals surface area contributed by atoms with Crippen molar-refractivity contribution in [2.75, 3.05) is 13.7 Å². The molecule has 0 saturated carbocycles. The van der Waals surface area contributed by atoms with Crippen molar-refractivity contribution in [3.05, 3.63) is 58.0 Å². The molecule has 2 N–H and O–H groups in total. The molecule has 0 atom stereocenters. The standard InChI is InChI=1S/C19H15ClN2O5S/c1-26-14-8-11(7-13(20)17(14)27-10-16(23)24)9-15-18(25)22-19(28-15)21-12-5-3-2-4-6-12/h2-9H,10H2,1H3,(H,23,24)(H,21,22,25)/b15-9-. The van der Waals surface area contributed by atoms with E-state index < -0.39 is 12.6 Å². The van der Waals surface area contributed by atoms with Gasteiger partial charge in [0.15, 0.2) is 23.3 Å². The van der Waals surface area contributed by atoms with Gasteiger partial charge in [0, 0.05) is 0 Å². The second-order valence-electron chi connectivity index (χ2n) is 5.53. The Bertz CT molecular complexity index is 976. The summed E-state index contributed by atoms with van der Waals surface area (Å²) in [5.74, 6) is -1.01. The molecule has 0 aromatic heterocycles. The molecule has 1 saturated heterocycles. The van der Waals surface area contributed by atoms with E-state index in [1.54, 1.807) is 18.2 Å². The van der Waals surface area contributed by atoms with Crippen LogP contribution in [0.15, 0.2) is 52.4 Å². The van der Waals surface area contributed by atoms with Crippen LogP contribution in [0, 0.1) is 0 Å². The number of para-hydroxylation sites is 1. The third-order valence-corrected chi connectivity index (χ3v) is 4.72. The fraction of sp³-hybridized carbons (Fsp3) is 0.105. The molecule has 1 amide bonds. The summed E-state index contributed by atoms with van der Waals surface area (Å²) in [6.45, 7) is -0.548. The molecular formula is C19H15ClN2O5S. The van der Waals surface area contributed by atoms with E-state index in [0.717, 1.165) is 5.69 Å². The SMILES string of the molecule is COc1cc(/C=C2\SC(=Nc3ccccc3)NC2=O)cc(Cl)c1OCC(=O)O. The van der Waals surface area contributed by atoms with Gasteiger partial charge in [0.05, 0.1) is 22.7 Å². The maximum absolute atomic E-state index is 12.2. The van der Waals surface area contributed by atoms with Crippen LogP contribution >= 0.6 is 23.4 Å². The van der Waals surface area contributed by atoms with Crippen molar-refractivity contribution >= 4 is 52.2 Å². The number of carboxylic acids is 1. The number of carbonyl (C=O) groups is 2. The molecule has 1 aliphatic rings. The smallest absolute Gasteiger partial charge is 0.341 e. The van der Waals surface area contributed by atoms with Crippen LogP contribution in [-0.2, 0) is 9.59 Å². The number of halogens is 1. The van der Waals surface area contributed by atoms with Crippen LogP contribution in [0.2, 0.25) is 5.02 Å². The molecule has 9 heteroatoms. The number of nitrogens with one attached hydrogen (secondary N) is 1. The molecule has 28 heavy (non-hydrogen) atoms. The highest BCUT2D eigenvalue weighted by atomic mass is 35.5. The van der Waals surface area contributed by atoms with E-state index in [1.807, 2.05) is 30.3 Å². The van der Waals surface area contributed by atoms with Crippen molar-refractivity contribution in [1.29, 1.82) is 0 Å². The zero-order chi connectivity index (χ0) is 20.1. The molecule has 144 valence electrons. The number of ether oxygens (including phenoxy) is 2. The molecule has 0 unspecified atom stereocenters. The number of amides is 1. The molecule has 2 aromatic rings. The summed E-state index contributed by atoms with van der Waals surface area (Å²) in [5, 5.41) is 12.1. The maximum atomic E-state index is 12.2. The first kappa shape index (κ1) is 19.8. The van der Waals surface area contributed by atoms with Gasteiger partial charge >= 0.3 is 5.97 Å². The highest BCUT2D eigenvalue weighted by Gasteiger charge is 2.24. The Kier molecular flexibility index (Phi) is 6.23. The van der Waals surface area contributed by atoms with E-state index in [4.69, 9.17) is 26.2 Å². The molecule has 7 nitrogen and oxygen atoms in total. The topological polar surface area (TPSA) is 97.2 Å². The van der Waals surface area contributed by atoms with Crippen LogP contribution in [0.3, 0.4) is 0 Å². The minimum absolute atomic E-state index is 0.128. The van der Waals surface area contributed by atoms with Gasteiger partial charge in [-0.2, -0.15) is 0 Å². The number of methoxy groups -OCH3 is 1. The van der Waals surface area contributed by atoms with E-state index in [2.05, 4.69) is 10.3 Å². The molecular weight excluding hydrogens is 404 g/mol. The van der Waals surface area contributed by atoms with Crippen molar-refractivity contribution in [3.63, 3.8) is 0 Å². The van der Waals surface area contributed by atoms with E-state index in [9.17, 15) is 9.59 Å². The van der Waals surface area contributed by atoms with Crippen LogP contribution < -0.4 is 14.8 Å². The second-order valence-corrected chi connectivity index (χ2v) is 6.97. The Balaban J connectivity index is 1.84. The van der Waals surface area contributed by atoms with Crippen molar-refractivity contribution in [2.24, 2.45) is 4.99 Å². The number of benzene rings is 2. The average Bonchev–Trinajstić information content (AvgIpc) is 2.99. The zero-order valence-electron chi connectivity index (χ0n) is 14.6. The minimum atomic E-state index is -1.13. The molecule has 3 rings (SSSR count). The van der Waals surface area contributed by atoms with E-state index in [0.29, 0.717) is 15.6 Å². The average molecular weight is 419 g/mol. The summed E-state index contributed by atoms with van der Waals surface area (Å²) in [7, 11) is 1.41. The fourth-order valence-electron chi connectivity index (χ4n) is 2.35. The number of rotatable bonds is 6. The van der Waals surface area contributed by atoms with Gasteiger partial charge in [0.25, 0.3) is 5.91 Å². The Morgan fingerprint density at radius 3 is 2.75 bits per heavy atom. The molecule has 0 bridgehead atoms. The minimum Gasteiger partial charge on any atom is -0.493 e. The predicted octanol–water partition coefficient (Wildman–Crippen LogP) is 3.70. The van der Waals surface area contributed by atoms with Crippen LogP contribution in [-0.4, -0.2) is 35.9 Å². The van der Waals surface area contributed by atoms with Gasteiger partial charge in [-0.1, -0.05) is 29.8 Å². The monoisotopic (exact) mass is 418 g/mol. The normalized spacial score (nSPS) is 16.3. The summed E-state index contributed by atoms with van der Waals surface area (Å²) in [6.07, 6.45) is 1.64. The van der Waals surface area contributed by atoms with Crippen molar-refractivity contribution in [2.45, 2.75) is 0 Å². The first-order valence-corrected chi connectivity index (χ1v) is 9.22. The quantitative estimate of drug-likeness (QED) is 0.694. The van der Waals surface area contributed by atoms with E-state index >= 15 is 0 Å². The molecule has 1 heterocycles. The number of nitrogens with zero attached hydrogens (tertiary/aromatic N) is 1. The molecule has 0 spiro atoms. The van der Waals surface area contributed by atoms with E-state index in [-0.39, 0.29) is 22.4 Å². The largest absolute Gasteiger partial charge is 0.493 e. The first-order valence-electron chi connectivity index (χ1n) is 8.03. The van der Waals surface area contributed by atoms with Crippen molar-refractivity contribution < 1.29 is 24.2 Å². The molecule has 0 radical (unpaired) electrons. The predicted molar refractivity (Wildman–Crippen MR) is 108 cm³/mol. The molecule has 1 aliphatic heterocycles. The number of aliphatic imine (C=N–C) groups is 1. The lowest BCUT2D eigenvalue weighted by Gasteiger charge is -2.12.